The molecule has 1 saturated carbocycles. The van der Waals surface area contributed by atoms with E-state index in [4.69, 9.17) is 0 Å². The molecule has 1 aliphatic carbocycles. The molecule has 1 aliphatic rings. The van der Waals surface area contributed by atoms with Crippen molar-refractivity contribution < 1.29 is 4.39 Å². The lowest BCUT2D eigenvalue weighted by atomic mass is 10.1. The zero-order valence-corrected chi connectivity index (χ0v) is 11.7. The Hall–Kier alpha value is -1.58. The fourth-order valence-electron chi connectivity index (χ4n) is 2.39. The number of benzene rings is 1. The van der Waals surface area contributed by atoms with Crippen LogP contribution in [-0.4, -0.2) is 19.0 Å². The van der Waals surface area contributed by atoms with Crippen LogP contribution in [0.2, 0.25) is 0 Å². The SMILES string of the molecule is CN=C(NCc1ccc(C)c(F)c1)NC1CCCC1. The first-order valence-corrected chi connectivity index (χ1v) is 6.91. The second kappa shape index (κ2) is 6.55. The van der Waals surface area contributed by atoms with E-state index < -0.39 is 0 Å². The lowest BCUT2D eigenvalue weighted by Gasteiger charge is -2.17. The molecule has 0 unspecified atom stereocenters. The zero-order valence-electron chi connectivity index (χ0n) is 11.7. The number of guanidine groups is 1. The van der Waals surface area contributed by atoms with E-state index in [1.54, 1.807) is 26.1 Å². The molecule has 0 amide bonds. The van der Waals surface area contributed by atoms with Gasteiger partial charge in [0.1, 0.15) is 5.82 Å². The van der Waals surface area contributed by atoms with Crippen LogP contribution in [0.4, 0.5) is 4.39 Å². The van der Waals surface area contributed by atoms with E-state index in [2.05, 4.69) is 15.6 Å². The van der Waals surface area contributed by atoms with Crippen molar-refractivity contribution in [2.45, 2.75) is 45.2 Å². The molecular weight excluding hydrogens is 241 g/mol. The van der Waals surface area contributed by atoms with E-state index in [9.17, 15) is 4.39 Å². The van der Waals surface area contributed by atoms with E-state index in [1.807, 2.05) is 6.07 Å². The summed E-state index contributed by atoms with van der Waals surface area (Å²) in [6.45, 7) is 2.36. The van der Waals surface area contributed by atoms with Gasteiger partial charge in [-0.1, -0.05) is 25.0 Å². The summed E-state index contributed by atoms with van der Waals surface area (Å²) in [6.07, 6.45) is 5.00. The molecule has 1 aromatic carbocycles. The summed E-state index contributed by atoms with van der Waals surface area (Å²) < 4.78 is 13.4. The Morgan fingerprint density at radius 2 is 2.11 bits per heavy atom. The Balaban J connectivity index is 1.86. The molecular formula is C15H22FN3. The van der Waals surface area contributed by atoms with Gasteiger partial charge < -0.3 is 10.6 Å². The summed E-state index contributed by atoms with van der Waals surface area (Å²) in [4.78, 5) is 4.21. The van der Waals surface area contributed by atoms with E-state index in [1.165, 1.54) is 25.7 Å². The van der Waals surface area contributed by atoms with Crippen molar-refractivity contribution >= 4 is 5.96 Å². The smallest absolute Gasteiger partial charge is 0.191 e. The van der Waals surface area contributed by atoms with Gasteiger partial charge in [-0.3, -0.25) is 4.99 Å². The number of aryl methyl sites for hydroxylation is 1. The van der Waals surface area contributed by atoms with E-state index in [-0.39, 0.29) is 5.82 Å². The molecule has 0 radical (unpaired) electrons. The highest BCUT2D eigenvalue weighted by Gasteiger charge is 2.15. The topological polar surface area (TPSA) is 36.4 Å². The second-order valence-corrected chi connectivity index (χ2v) is 5.14. The van der Waals surface area contributed by atoms with Gasteiger partial charge in [-0.05, 0) is 37.0 Å². The standard InChI is InChI=1S/C15H22FN3/c1-11-7-8-12(9-14(11)16)10-18-15(17-2)19-13-5-3-4-6-13/h7-9,13H,3-6,10H2,1-2H3,(H2,17,18,19). The van der Waals surface area contributed by atoms with Crippen LogP contribution < -0.4 is 10.6 Å². The highest BCUT2D eigenvalue weighted by molar-refractivity contribution is 5.79. The zero-order chi connectivity index (χ0) is 13.7. The molecule has 0 aromatic heterocycles. The molecule has 0 saturated heterocycles. The molecule has 0 spiro atoms. The molecule has 0 aliphatic heterocycles. The normalized spacial score (nSPS) is 16.7. The van der Waals surface area contributed by atoms with Crippen molar-refractivity contribution in [1.82, 2.24) is 10.6 Å². The van der Waals surface area contributed by atoms with Crippen molar-refractivity contribution in [3.8, 4) is 0 Å². The highest BCUT2D eigenvalue weighted by atomic mass is 19.1. The van der Waals surface area contributed by atoms with Gasteiger partial charge in [0, 0.05) is 19.6 Å². The number of nitrogens with one attached hydrogen (secondary N) is 2. The van der Waals surface area contributed by atoms with Gasteiger partial charge in [0.25, 0.3) is 0 Å². The first-order valence-electron chi connectivity index (χ1n) is 6.91. The predicted octanol–water partition coefficient (Wildman–Crippen LogP) is 2.74. The van der Waals surface area contributed by atoms with Gasteiger partial charge in [0.05, 0.1) is 0 Å². The van der Waals surface area contributed by atoms with E-state index in [0.29, 0.717) is 18.2 Å². The van der Waals surface area contributed by atoms with Crippen LogP contribution in [0.1, 0.15) is 36.8 Å². The van der Waals surface area contributed by atoms with Crippen molar-refractivity contribution in [2.24, 2.45) is 4.99 Å². The van der Waals surface area contributed by atoms with Crippen LogP contribution in [0.25, 0.3) is 0 Å². The summed E-state index contributed by atoms with van der Waals surface area (Å²) in [5.41, 5.74) is 1.61. The average molecular weight is 263 g/mol. The van der Waals surface area contributed by atoms with Crippen LogP contribution in [0.5, 0.6) is 0 Å². The number of hydrogen-bond donors (Lipinski definition) is 2. The van der Waals surface area contributed by atoms with Crippen LogP contribution >= 0.6 is 0 Å². The molecule has 2 N–H and O–H groups in total. The van der Waals surface area contributed by atoms with E-state index in [0.717, 1.165) is 11.5 Å². The van der Waals surface area contributed by atoms with Crippen LogP contribution in [-0.2, 0) is 6.54 Å². The van der Waals surface area contributed by atoms with Crippen molar-refractivity contribution in [3.63, 3.8) is 0 Å². The average Bonchev–Trinajstić information content (AvgIpc) is 2.91. The molecule has 1 fully saturated rings. The Labute approximate surface area is 114 Å². The monoisotopic (exact) mass is 263 g/mol. The molecule has 104 valence electrons. The first kappa shape index (κ1) is 13.8. The van der Waals surface area contributed by atoms with Crippen LogP contribution in [0.3, 0.4) is 0 Å². The summed E-state index contributed by atoms with van der Waals surface area (Å²) >= 11 is 0. The lowest BCUT2D eigenvalue weighted by molar-refractivity contribution is 0.608. The minimum absolute atomic E-state index is 0.155. The van der Waals surface area contributed by atoms with E-state index >= 15 is 0 Å². The quantitative estimate of drug-likeness (QED) is 0.650. The number of rotatable bonds is 3. The Bertz CT molecular complexity index is 451. The molecule has 19 heavy (non-hydrogen) atoms. The maximum atomic E-state index is 13.4. The first-order chi connectivity index (χ1) is 9.19. The summed E-state index contributed by atoms with van der Waals surface area (Å²) in [7, 11) is 1.76. The number of aliphatic imine (C=N–C) groups is 1. The molecule has 0 atom stereocenters. The van der Waals surface area contributed by atoms with Gasteiger partial charge in [0.15, 0.2) is 5.96 Å². The third-order valence-corrected chi connectivity index (χ3v) is 3.62. The second-order valence-electron chi connectivity index (χ2n) is 5.14. The molecule has 4 heteroatoms. The summed E-state index contributed by atoms with van der Waals surface area (Å²) in [6, 6.07) is 5.85. The predicted molar refractivity (Wildman–Crippen MR) is 76.7 cm³/mol. The van der Waals surface area contributed by atoms with Crippen LogP contribution in [0, 0.1) is 12.7 Å². The summed E-state index contributed by atoms with van der Waals surface area (Å²) in [5, 5.41) is 6.64. The van der Waals surface area contributed by atoms with Crippen molar-refractivity contribution in [1.29, 1.82) is 0 Å². The van der Waals surface area contributed by atoms with Gasteiger partial charge in [0.2, 0.25) is 0 Å². The number of nitrogens with zero attached hydrogens (tertiary/aromatic N) is 1. The van der Waals surface area contributed by atoms with Gasteiger partial charge in [-0.25, -0.2) is 4.39 Å². The molecule has 0 bridgehead atoms. The fraction of sp³-hybridized carbons (Fsp3) is 0.533. The molecule has 3 nitrogen and oxygen atoms in total. The third kappa shape index (κ3) is 3.94. The Morgan fingerprint density at radius 3 is 2.74 bits per heavy atom. The van der Waals surface area contributed by atoms with Gasteiger partial charge in [-0.15, -0.1) is 0 Å². The molecule has 0 heterocycles. The maximum Gasteiger partial charge on any atom is 0.191 e. The van der Waals surface area contributed by atoms with Crippen molar-refractivity contribution in [2.75, 3.05) is 7.05 Å². The van der Waals surface area contributed by atoms with Crippen LogP contribution in [0.15, 0.2) is 23.2 Å². The Kier molecular flexibility index (Phi) is 4.77. The lowest BCUT2D eigenvalue weighted by Crippen LogP contribution is -2.41. The fourth-order valence-corrected chi connectivity index (χ4v) is 2.39. The minimum Gasteiger partial charge on any atom is -0.354 e. The minimum atomic E-state index is -0.155. The highest BCUT2D eigenvalue weighted by Crippen LogP contribution is 2.17. The molecule has 1 aromatic rings. The largest absolute Gasteiger partial charge is 0.354 e. The third-order valence-electron chi connectivity index (χ3n) is 3.62. The van der Waals surface area contributed by atoms with Crippen molar-refractivity contribution in [3.05, 3.63) is 35.1 Å². The van der Waals surface area contributed by atoms with Gasteiger partial charge >= 0.3 is 0 Å². The number of hydrogen-bond acceptors (Lipinski definition) is 1. The maximum absolute atomic E-state index is 13.4. The summed E-state index contributed by atoms with van der Waals surface area (Å²) in [5.74, 6) is 0.644. The molecule has 2 rings (SSSR count). The Morgan fingerprint density at radius 1 is 1.37 bits per heavy atom. The van der Waals surface area contributed by atoms with Gasteiger partial charge in [-0.2, -0.15) is 0 Å². The number of halogens is 1.